The molecule has 0 aromatic heterocycles. The van der Waals surface area contributed by atoms with Crippen LogP contribution in [-0.4, -0.2) is 66.1 Å². The van der Waals surface area contributed by atoms with Gasteiger partial charge in [-0.15, -0.1) is 0 Å². The lowest BCUT2D eigenvalue weighted by Crippen LogP contribution is -2.67. The van der Waals surface area contributed by atoms with E-state index >= 15 is 0 Å². The van der Waals surface area contributed by atoms with Crippen LogP contribution in [0.4, 0.5) is 4.79 Å². The number of nitrogens with zero attached hydrogens (tertiary/aromatic N) is 1. The van der Waals surface area contributed by atoms with E-state index in [1.54, 1.807) is 32.8 Å². The summed E-state index contributed by atoms with van der Waals surface area (Å²) in [6.45, 7) is 10.1. The van der Waals surface area contributed by atoms with E-state index < -0.39 is 17.2 Å². The largest absolute Gasteiger partial charge is 0.444 e. The Kier molecular flexibility index (Phi) is 7.04. The fourth-order valence-corrected chi connectivity index (χ4v) is 2.93. The number of ether oxygens (including phenoxy) is 2. The maximum Gasteiger partial charge on any atom is 0.408 e. The van der Waals surface area contributed by atoms with E-state index in [0.29, 0.717) is 25.9 Å². The Hall–Kier alpha value is -1.34. The summed E-state index contributed by atoms with van der Waals surface area (Å²) in [4.78, 5) is 26.9. The molecule has 1 aliphatic rings. The van der Waals surface area contributed by atoms with E-state index in [-0.39, 0.29) is 24.5 Å². The summed E-state index contributed by atoms with van der Waals surface area (Å²) < 4.78 is 10.5. The van der Waals surface area contributed by atoms with Gasteiger partial charge in [-0.1, -0.05) is 0 Å². The lowest BCUT2D eigenvalue weighted by molar-refractivity contribution is -0.146. The van der Waals surface area contributed by atoms with Crippen molar-refractivity contribution in [2.24, 2.45) is 5.92 Å². The van der Waals surface area contributed by atoms with Gasteiger partial charge in [0.2, 0.25) is 5.91 Å². The fraction of sp³-hybridized carbons (Fsp3) is 0.882. The number of nitrogens with one attached hydrogen (secondary N) is 1. The molecular weight excluding hydrogens is 312 g/mol. The molecule has 0 bridgehead atoms. The highest BCUT2D eigenvalue weighted by Gasteiger charge is 2.53. The van der Waals surface area contributed by atoms with Gasteiger partial charge in [-0.3, -0.25) is 4.79 Å². The van der Waals surface area contributed by atoms with E-state index in [1.165, 1.54) is 0 Å². The molecule has 0 aliphatic heterocycles. The van der Waals surface area contributed by atoms with Crippen LogP contribution in [0, 0.1) is 5.92 Å². The molecule has 7 nitrogen and oxygen atoms in total. The van der Waals surface area contributed by atoms with Crippen LogP contribution in [0.2, 0.25) is 0 Å². The average molecular weight is 344 g/mol. The van der Waals surface area contributed by atoms with E-state index in [2.05, 4.69) is 5.32 Å². The zero-order valence-electron chi connectivity index (χ0n) is 15.7. The quantitative estimate of drug-likeness (QED) is 0.731. The third-order valence-electron chi connectivity index (χ3n) is 4.23. The molecule has 1 unspecified atom stereocenters. The van der Waals surface area contributed by atoms with Gasteiger partial charge >= 0.3 is 6.09 Å². The number of methoxy groups -OCH3 is 1. The Morgan fingerprint density at radius 2 is 1.96 bits per heavy atom. The van der Waals surface area contributed by atoms with Crippen LogP contribution in [0.15, 0.2) is 0 Å². The van der Waals surface area contributed by atoms with Crippen molar-refractivity contribution >= 4 is 12.0 Å². The molecular formula is C17H32N2O5. The van der Waals surface area contributed by atoms with Crippen molar-refractivity contribution in [2.45, 2.75) is 64.7 Å². The summed E-state index contributed by atoms with van der Waals surface area (Å²) in [6, 6.07) is 0. The monoisotopic (exact) mass is 344 g/mol. The predicted molar refractivity (Wildman–Crippen MR) is 90.6 cm³/mol. The first-order valence-corrected chi connectivity index (χ1v) is 8.51. The third kappa shape index (κ3) is 5.34. The number of hydrogen-bond donors (Lipinski definition) is 2. The molecule has 1 atom stereocenters. The predicted octanol–water partition coefficient (Wildman–Crippen LogP) is 1.54. The zero-order chi connectivity index (χ0) is 18.5. The molecule has 7 heteroatoms. The van der Waals surface area contributed by atoms with Gasteiger partial charge in [0, 0.05) is 26.8 Å². The summed E-state index contributed by atoms with van der Waals surface area (Å²) in [5.74, 6) is -0.132. The first-order chi connectivity index (χ1) is 11.1. The van der Waals surface area contributed by atoms with Crippen molar-refractivity contribution in [1.82, 2.24) is 10.2 Å². The Morgan fingerprint density at radius 3 is 2.38 bits per heavy atom. The second-order valence-corrected chi connectivity index (χ2v) is 7.56. The molecule has 1 saturated carbocycles. The van der Waals surface area contributed by atoms with Crippen molar-refractivity contribution in [1.29, 1.82) is 0 Å². The van der Waals surface area contributed by atoms with Crippen LogP contribution >= 0.6 is 0 Å². The Balaban J connectivity index is 2.87. The number of amides is 2. The van der Waals surface area contributed by atoms with Crippen molar-refractivity contribution in [3.05, 3.63) is 0 Å². The number of aliphatic hydroxyl groups is 1. The van der Waals surface area contributed by atoms with Gasteiger partial charge in [-0.25, -0.2) is 4.79 Å². The molecule has 1 fully saturated rings. The highest BCUT2D eigenvalue weighted by atomic mass is 16.6. The first kappa shape index (κ1) is 20.7. The van der Waals surface area contributed by atoms with Gasteiger partial charge in [0.05, 0.1) is 6.10 Å². The lowest BCUT2D eigenvalue weighted by atomic mass is 9.67. The highest BCUT2D eigenvalue weighted by Crippen LogP contribution is 2.39. The Bertz CT molecular complexity index is 441. The molecule has 2 amide bonds. The number of alkyl carbamates (subject to hydrolysis) is 1. The molecule has 0 heterocycles. The van der Waals surface area contributed by atoms with E-state index in [4.69, 9.17) is 9.47 Å². The molecule has 0 aromatic rings. The average Bonchev–Trinajstić information content (AvgIpc) is 2.45. The summed E-state index contributed by atoms with van der Waals surface area (Å²) in [7, 11) is 1.60. The van der Waals surface area contributed by atoms with E-state index in [0.717, 1.165) is 0 Å². The minimum atomic E-state index is -1.00. The van der Waals surface area contributed by atoms with Gasteiger partial charge in [-0.05, 0) is 53.4 Å². The van der Waals surface area contributed by atoms with Gasteiger partial charge in [0.15, 0.2) is 0 Å². The van der Waals surface area contributed by atoms with Crippen molar-refractivity contribution < 1.29 is 24.2 Å². The fourth-order valence-electron chi connectivity index (χ4n) is 2.93. The summed E-state index contributed by atoms with van der Waals surface area (Å²) in [5.41, 5.74) is -1.64. The van der Waals surface area contributed by atoms with Crippen LogP contribution in [0.5, 0.6) is 0 Å². The SMILES string of the molecule is CCN(CC(C)OC)C(=O)C1(NC(=O)OC(C)(C)C)CC(CO)C1. The molecule has 0 radical (unpaired) electrons. The summed E-state index contributed by atoms with van der Waals surface area (Å²) in [6.07, 6.45) is 0.128. The van der Waals surface area contributed by atoms with Crippen molar-refractivity contribution in [2.75, 3.05) is 26.8 Å². The van der Waals surface area contributed by atoms with Crippen LogP contribution in [0.3, 0.4) is 0 Å². The van der Waals surface area contributed by atoms with Crippen LogP contribution in [-0.2, 0) is 14.3 Å². The molecule has 24 heavy (non-hydrogen) atoms. The van der Waals surface area contributed by atoms with E-state index in [9.17, 15) is 14.7 Å². The number of likely N-dealkylation sites (N-methyl/N-ethyl adjacent to an activating group) is 1. The third-order valence-corrected chi connectivity index (χ3v) is 4.23. The molecule has 1 rings (SSSR count). The number of carbonyl (C=O) groups excluding carboxylic acids is 2. The number of carbonyl (C=O) groups is 2. The summed E-state index contributed by atoms with van der Waals surface area (Å²) >= 11 is 0. The lowest BCUT2D eigenvalue weighted by Gasteiger charge is -2.48. The maximum atomic E-state index is 13.0. The van der Waals surface area contributed by atoms with Crippen molar-refractivity contribution in [3.63, 3.8) is 0 Å². The van der Waals surface area contributed by atoms with Crippen LogP contribution in [0.1, 0.15) is 47.5 Å². The minimum absolute atomic E-state index is 0.00558. The van der Waals surface area contributed by atoms with Crippen LogP contribution in [0.25, 0.3) is 0 Å². The second kappa shape index (κ2) is 8.16. The smallest absolute Gasteiger partial charge is 0.408 e. The topological polar surface area (TPSA) is 88.1 Å². The van der Waals surface area contributed by atoms with E-state index in [1.807, 2.05) is 13.8 Å². The van der Waals surface area contributed by atoms with Gasteiger partial charge in [0.1, 0.15) is 11.1 Å². The standard InChI is InChI=1S/C17H32N2O5/c1-7-19(10-12(2)23-6)14(21)17(8-13(9-17)11-20)18-15(22)24-16(3,4)5/h12-13,20H,7-11H2,1-6H3,(H,18,22). The van der Waals surface area contributed by atoms with Gasteiger partial charge in [0.25, 0.3) is 0 Å². The molecule has 0 aromatic carbocycles. The normalized spacial score (nSPS) is 24.7. The molecule has 0 saturated heterocycles. The first-order valence-electron chi connectivity index (χ1n) is 8.51. The number of rotatable bonds is 7. The Morgan fingerprint density at radius 1 is 1.38 bits per heavy atom. The maximum absolute atomic E-state index is 13.0. The van der Waals surface area contributed by atoms with Crippen molar-refractivity contribution in [3.8, 4) is 0 Å². The number of aliphatic hydroxyl groups excluding tert-OH is 1. The highest BCUT2D eigenvalue weighted by molar-refractivity contribution is 5.91. The number of hydrogen-bond acceptors (Lipinski definition) is 5. The van der Waals surface area contributed by atoms with Crippen LogP contribution < -0.4 is 5.32 Å². The Labute approximate surface area is 144 Å². The summed E-state index contributed by atoms with van der Waals surface area (Å²) in [5, 5.41) is 12.1. The minimum Gasteiger partial charge on any atom is -0.444 e. The second-order valence-electron chi connectivity index (χ2n) is 7.56. The molecule has 2 N–H and O–H groups in total. The molecule has 1 aliphatic carbocycles. The zero-order valence-corrected chi connectivity index (χ0v) is 15.7. The van der Waals surface area contributed by atoms with Gasteiger partial charge < -0.3 is 24.8 Å². The molecule has 0 spiro atoms. The van der Waals surface area contributed by atoms with Gasteiger partial charge in [-0.2, -0.15) is 0 Å². The molecule has 140 valence electrons.